The summed E-state index contributed by atoms with van der Waals surface area (Å²) in [5.41, 5.74) is 3.12. The van der Waals surface area contributed by atoms with Gasteiger partial charge < -0.3 is 9.88 Å². The number of hydrogen-bond donors (Lipinski definition) is 1. The molecule has 8 heteroatoms. The van der Waals surface area contributed by atoms with E-state index < -0.39 is 0 Å². The molecule has 1 aliphatic rings. The number of carbonyl (C=O) groups excluding carboxylic acids is 1. The number of thiazole rings is 1. The molecule has 1 aliphatic carbocycles. The number of aryl methyl sites for hydroxylation is 1. The molecule has 30 heavy (non-hydrogen) atoms. The van der Waals surface area contributed by atoms with E-state index >= 15 is 0 Å². The number of amides is 1. The summed E-state index contributed by atoms with van der Waals surface area (Å²) in [5, 5.41) is 15.0. The highest BCUT2D eigenvalue weighted by atomic mass is 32.2. The van der Waals surface area contributed by atoms with Gasteiger partial charge in [0.1, 0.15) is 5.82 Å². The van der Waals surface area contributed by atoms with Crippen molar-refractivity contribution in [1.82, 2.24) is 19.7 Å². The minimum atomic E-state index is -0.0969. The molecule has 2 heterocycles. The number of hydrogen-bond acceptors (Lipinski definition) is 6. The summed E-state index contributed by atoms with van der Waals surface area (Å²) in [4.78, 5) is 17.0. The molecule has 0 bridgehead atoms. The molecule has 0 radical (unpaired) electrons. The Morgan fingerprint density at radius 2 is 2.07 bits per heavy atom. The van der Waals surface area contributed by atoms with E-state index in [4.69, 9.17) is 0 Å². The van der Waals surface area contributed by atoms with Crippen molar-refractivity contribution in [3.8, 4) is 11.3 Å². The number of allylic oxidation sites excluding steroid dienone is 1. The lowest BCUT2D eigenvalue weighted by atomic mass is 10.1. The highest BCUT2D eigenvalue weighted by Gasteiger charge is 2.24. The van der Waals surface area contributed by atoms with Crippen LogP contribution in [0.2, 0.25) is 0 Å². The number of carbonyl (C=O) groups is 1. The van der Waals surface area contributed by atoms with Crippen molar-refractivity contribution < 1.29 is 4.79 Å². The van der Waals surface area contributed by atoms with E-state index in [1.54, 1.807) is 0 Å². The predicted octanol–water partition coefficient (Wildman–Crippen LogP) is 5.28. The summed E-state index contributed by atoms with van der Waals surface area (Å²) in [5.74, 6) is 1.66. The van der Waals surface area contributed by atoms with Gasteiger partial charge in [-0.2, -0.15) is 0 Å². The number of thioether (sulfide) groups is 1. The van der Waals surface area contributed by atoms with Crippen molar-refractivity contribution in [1.29, 1.82) is 0 Å². The van der Waals surface area contributed by atoms with Crippen molar-refractivity contribution in [3.05, 3.63) is 53.7 Å². The molecular formula is C22H25N5OS2. The Labute approximate surface area is 184 Å². The second-order valence-corrected chi connectivity index (χ2v) is 9.26. The molecule has 0 aliphatic heterocycles. The first-order valence-corrected chi connectivity index (χ1v) is 12.0. The molecule has 1 aromatic carbocycles. The van der Waals surface area contributed by atoms with E-state index in [9.17, 15) is 4.79 Å². The van der Waals surface area contributed by atoms with Crippen molar-refractivity contribution in [3.63, 3.8) is 0 Å². The van der Waals surface area contributed by atoms with Crippen molar-refractivity contribution >= 4 is 34.1 Å². The summed E-state index contributed by atoms with van der Waals surface area (Å²) >= 11 is 2.84. The Hall–Kier alpha value is -2.45. The number of nitrogens with one attached hydrogen (secondary N) is 1. The SMILES string of the molecule is C=CCn1c(SCC(=O)Nc2nc(-c3ccc(C)cc3)cs2)nnc1C1CCCC1. The topological polar surface area (TPSA) is 72.7 Å². The Morgan fingerprint density at radius 3 is 2.80 bits per heavy atom. The summed E-state index contributed by atoms with van der Waals surface area (Å²) in [6, 6.07) is 8.20. The summed E-state index contributed by atoms with van der Waals surface area (Å²) in [6.45, 7) is 6.57. The Bertz CT molecular complexity index is 1020. The van der Waals surface area contributed by atoms with Crippen LogP contribution < -0.4 is 5.32 Å². The van der Waals surface area contributed by atoms with E-state index in [0.717, 1.165) is 35.1 Å². The largest absolute Gasteiger partial charge is 0.302 e. The van der Waals surface area contributed by atoms with E-state index in [1.807, 2.05) is 23.6 Å². The highest BCUT2D eigenvalue weighted by Crippen LogP contribution is 2.34. The molecule has 1 saturated carbocycles. The van der Waals surface area contributed by atoms with Crippen LogP contribution in [0.1, 0.15) is 43.0 Å². The molecule has 1 N–H and O–H groups in total. The second-order valence-electron chi connectivity index (χ2n) is 7.46. The van der Waals surface area contributed by atoms with Crippen LogP contribution in [-0.2, 0) is 11.3 Å². The van der Waals surface area contributed by atoms with Crippen LogP contribution in [0.3, 0.4) is 0 Å². The Morgan fingerprint density at radius 1 is 1.30 bits per heavy atom. The predicted molar refractivity (Wildman–Crippen MR) is 123 cm³/mol. The van der Waals surface area contributed by atoms with Gasteiger partial charge in [-0.25, -0.2) is 4.98 Å². The van der Waals surface area contributed by atoms with Crippen LogP contribution in [0.4, 0.5) is 5.13 Å². The average molecular weight is 440 g/mol. The zero-order valence-corrected chi connectivity index (χ0v) is 18.6. The molecule has 0 unspecified atom stereocenters. The van der Waals surface area contributed by atoms with Crippen LogP contribution in [0, 0.1) is 6.92 Å². The van der Waals surface area contributed by atoms with Gasteiger partial charge in [0.2, 0.25) is 5.91 Å². The van der Waals surface area contributed by atoms with Gasteiger partial charge in [-0.05, 0) is 19.8 Å². The first-order valence-electron chi connectivity index (χ1n) is 10.1. The average Bonchev–Trinajstić information content (AvgIpc) is 3.48. The van der Waals surface area contributed by atoms with Gasteiger partial charge in [-0.1, -0.05) is 60.5 Å². The van der Waals surface area contributed by atoms with Crippen LogP contribution >= 0.6 is 23.1 Å². The summed E-state index contributed by atoms with van der Waals surface area (Å²) < 4.78 is 2.10. The molecule has 1 amide bonds. The first kappa shape index (κ1) is 20.8. The fraction of sp³-hybridized carbons (Fsp3) is 0.364. The maximum Gasteiger partial charge on any atom is 0.236 e. The van der Waals surface area contributed by atoms with E-state index in [1.165, 1.54) is 41.5 Å². The standard InChI is InChI=1S/C22H25N5OS2/c1-3-12-27-20(17-6-4-5-7-17)25-26-22(27)30-14-19(28)24-21-23-18(13-29-21)16-10-8-15(2)9-11-16/h3,8-11,13,17H,1,4-7,12,14H2,2H3,(H,23,24,28). The number of anilines is 1. The normalized spacial score (nSPS) is 14.2. The number of aromatic nitrogens is 4. The van der Waals surface area contributed by atoms with E-state index in [2.05, 4.69) is 50.7 Å². The van der Waals surface area contributed by atoms with Gasteiger partial charge in [-0.15, -0.1) is 28.1 Å². The Kier molecular flexibility index (Phi) is 6.64. The van der Waals surface area contributed by atoms with E-state index in [-0.39, 0.29) is 11.7 Å². The molecule has 2 aromatic heterocycles. The smallest absolute Gasteiger partial charge is 0.236 e. The second kappa shape index (κ2) is 9.57. The van der Waals surface area contributed by atoms with Crippen LogP contribution in [0.15, 0.2) is 47.5 Å². The fourth-order valence-corrected chi connectivity index (χ4v) is 5.16. The van der Waals surface area contributed by atoms with Gasteiger partial charge in [0.15, 0.2) is 10.3 Å². The zero-order chi connectivity index (χ0) is 20.9. The molecular weight excluding hydrogens is 414 g/mol. The number of nitrogens with zero attached hydrogens (tertiary/aromatic N) is 4. The van der Waals surface area contributed by atoms with Gasteiger partial charge in [0, 0.05) is 23.4 Å². The lowest BCUT2D eigenvalue weighted by Crippen LogP contribution is -2.15. The van der Waals surface area contributed by atoms with E-state index in [0.29, 0.717) is 17.6 Å². The zero-order valence-electron chi connectivity index (χ0n) is 17.0. The quantitative estimate of drug-likeness (QED) is 0.382. The van der Waals surface area contributed by atoms with Crippen molar-refractivity contribution in [2.45, 2.75) is 50.2 Å². The van der Waals surface area contributed by atoms with Gasteiger partial charge >= 0.3 is 0 Å². The van der Waals surface area contributed by atoms with Crippen molar-refractivity contribution in [2.75, 3.05) is 11.1 Å². The van der Waals surface area contributed by atoms with Crippen LogP contribution in [-0.4, -0.2) is 31.4 Å². The highest BCUT2D eigenvalue weighted by molar-refractivity contribution is 7.99. The third kappa shape index (κ3) is 4.82. The first-order chi connectivity index (χ1) is 14.6. The molecule has 156 valence electrons. The van der Waals surface area contributed by atoms with Gasteiger partial charge in [0.25, 0.3) is 0 Å². The third-order valence-electron chi connectivity index (χ3n) is 5.21. The molecule has 1 fully saturated rings. The summed E-state index contributed by atoms with van der Waals surface area (Å²) in [7, 11) is 0. The van der Waals surface area contributed by atoms with Gasteiger partial charge in [-0.3, -0.25) is 4.79 Å². The fourth-order valence-electron chi connectivity index (χ4n) is 3.67. The number of rotatable bonds is 8. The minimum absolute atomic E-state index is 0.0969. The maximum atomic E-state index is 12.5. The minimum Gasteiger partial charge on any atom is -0.302 e. The monoisotopic (exact) mass is 439 g/mol. The van der Waals surface area contributed by atoms with Crippen molar-refractivity contribution in [2.24, 2.45) is 0 Å². The molecule has 0 spiro atoms. The van der Waals surface area contributed by atoms with Crippen LogP contribution in [0.25, 0.3) is 11.3 Å². The molecule has 3 aromatic rings. The molecule has 0 atom stereocenters. The van der Waals surface area contributed by atoms with Gasteiger partial charge in [0.05, 0.1) is 11.4 Å². The van der Waals surface area contributed by atoms with Crippen LogP contribution in [0.5, 0.6) is 0 Å². The number of benzene rings is 1. The molecule has 6 nitrogen and oxygen atoms in total. The molecule has 0 saturated heterocycles. The Balaban J connectivity index is 1.37. The maximum absolute atomic E-state index is 12.5. The summed E-state index contributed by atoms with van der Waals surface area (Å²) in [6.07, 6.45) is 6.67. The lowest BCUT2D eigenvalue weighted by molar-refractivity contribution is -0.113. The third-order valence-corrected chi connectivity index (χ3v) is 6.93. The lowest BCUT2D eigenvalue weighted by Gasteiger charge is -2.11. The molecule has 4 rings (SSSR count).